The highest BCUT2D eigenvalue weighted by molar-refractivity contribution is 5.80. The van der Waals surface area contributed by atoms with Crippen molar-refractivity contribution in [2.75, 3.05) is 0 Å². The molecule has 0 saturated heterocycles. The van der Waals surface area contributed by atoms with E-state index in [1.54, 1.807) is 0 Å². The fourth-order valence-electron chi connectivity index (χ4n) is 1.78. The van der Waals surface area contributed by atoms with E-state index < -0.39 is 0 Å². The molecule has 2 nitrogen and oxygen atoms in total. The smallest absolute Gasteiger partial charge is 0.227 e. The number of hydrogen-bond acceptors (Lipinski definition) is 1. The summed E-state index contributed by atoms with van der Waals surface area (Å²) in [5.74, 6) is 0.256. The molecule has 0 aromatic heterocycles. The monoisotopic (exact) mass is 263 g/mol. The molecule has 1 atom stereocenters. The van der Waals surface area contributed by atoms with Crippen LogP contribution in [0.1, 0.15) is 60.3 Å². The first-order chi connectivity index (χ1) is 9.08. The Bertz CT molecular complexity index is 350. The minimum Gasteiger partial charge on any atom is -0.326 e. The van der Waals surface area contributed by atoms with Gasteiger partial charge in [0.15, 0.2) is 0 Å². The van der Waals surface area contributed by atoms with Gasteiger partial charge < -0.3 is 5.32 Å². The first-order valence-electron chi connectivity index (χ1n) is 7.39. The Morgan fingerprint density at radius 2 is 1.89 bits per heavy atom. The van der Waals surface area contributed by atoms with E-state index >= 15 is 0 Å². The highest BCUT2D eigenvalue weighted by Gasteiger charge is 2.15. The molecule has 1 amide bonds. The van der Waals surface area contributed by atoms with E-state index in [1.165, 1.54) is 5.57 Å². The van der Waals surface area contributed by atoms with Crippen LogP contribution in [-0.2, 0) is 4.79 Å². The molecule has 0 bridgehead atoms. The van der Waals surface area contributed by atoms with Crippen LogP contribution in [0.3, 0.4) is 0 Å². The molecule has 0 aliphatic heterocycles. The first kappa shape index (κ1) is 17.7. The van der Waals surface area contributed by atoms with E-state index in [2.05, 4.69) is 39.1 Å². The molecule has 0 heterocycles. The van der Waals surface area contributed by atoms with Gasteiger partial charge in [0.25, 0.3) is 0 Å². The van der Waals surface area contributed by atoms with Gasteiger partial charge in [-0.15, -0.1) is 0 Å². The van der Waals surface area contributed by atoms with Crippen LogP contribution >= 0.6 is 0 Å². The zero-order valence-corrected chi connectivity index (χ0v) is 13.1. The fourth-order valence-corrected chi connectivity index (χ4v) is 1.78. The fraction of sp³-hybridized carbons (Fsp3) is 0.588. The molecule has 0 rings (SSSR count). The molecule has 0 aliphatic carbocycles. The van der Waals surface area contributed by atoms with E-state index in [-0.39, 0.29) is 11.8 Å². The molecule has 0 aromatic carbocycles. The van der Waals surface area contributed by atoms with Gasteiger partial charge in [-0.1, -0.05) is 44.9 Å². The van der Waals surface area contributed by atoms with Crippen molar-refractivity contribution >= 4 is 5.91 Å². The normalized spacial score (nSPS) is 14.8. The lowest BCUT2D eigenvalue weighted by Crippen LogP contribution is -2.29. The Morgan fingerprint density at radius 1 is 1.21 bits per heavy atom. The first-order valence-corrected chi connectivity index (χ1v) is 7.39. The largest absolute Gasteiger partial charge is 0.326 e. The molecule has 1 unspecified atom stereocenters. The molecule has 0 spiro atoms. The summed E-state index contributed by atoms with van der Waals surface area (Å²) in [7, 11) is 0. The van der Waals surface area contributed by atoms with Gasteiger partial charge in [-0.2, -0.15) is 0 Å². The molecule has 0 saturated carbocycles. The lowest BCUT2D eigenvalue weighted by Gasteiger charge is -2.14. The van der Waals surface area contributed by atoms with E-state index in [9.17, 15) is 4.79 Å². The molecular weight excluding hydrogens is 234 g/mol. The third-order valence-corrected chi connectivity index (χ3v) is 3.22. The third-order valence-electron chi connectivity index (χ3n) is 3.22. The van der Waals surface area contributed by atoms with Gasteiger partial charge in [0, 0.05) is 11.6 Å². The van der Waals surface area contributed by atoms with Gasteiger partial charge in [-0.3, -0.25) is 4.79 Å². The summed E-state index contributed by atoms with van der Waals surface area (Å²) in [6.45, 7) is 10.4. The topological polar surface area (TPSA) is 29.1 Å². The molecule has 2 heteroatoms. The van der Waals surface area contributed by atoms with Crippen LogP contribution in [0.25, 0.3) is 0 Å². The highest BCUT2D eigenvalue weighted by Crippen LogP contribution is 2.12. The minimum atomic E-state index is 0.120. The molecule has 108 valence electrons. The van der Waals surface area contributed by atoms with Crippen LogP contribution in [0.5, 0.6) is 0 Å². The average Bonchev–Trinajstić information content (AvgIpc) is 2.41. The van der Waals surface area contributed by atoms with Gasteiger partial charge in [-0.25, -0.2) is 0 Å². The molecular formula is C17H29NO. The van der Waals surface area contributed by atoms with Crippen LogP contribution in [0.15, 0.2) is 35.6 Å². The third kappa shape index (κ3) is 7.66. The second kappa shape index (κ2) is 10.6. The average molecular weight is 263 g/mol. The van der Waals surface area contributed by atoms with Crippen LogP contribution in [0.2, 0.25) is 0 Å². The van der Waals surface area contributed by atoms with Gasteiger partial charge in [0.2, 0.25) is 5.91 Å². The zero-order valence-electron chi connectivity index (χ0n) is 13.1. The molecule has 0 aliphatic rings. The highest BCUT2D eigenvalue weighted by atomic mass is 16.1. The van der Waals surface area contributed by atoms with Gasteiger partial charge in [0.05, 0.1) is 0 Å². The lowest BCUT2D eigenvalue weighted by molar-refractivity contribution is -0.124. The number of carbonyl (C=O) groups is 1. The quantitative estimate of drug-likeness (QED) is 0.629. The van der Waals surface area contributed by atoms with Crippen molar-refractivity contribution in [2.45, 2.75) is 60.3 Å². The number of amides is 1. The van der Waals surface area contributed by atoms with Crippen molar-refractivity contribution in [1.29, 1.82) is 0 Å². The predicted octanol–water partition coefficient (Wildman–Crippen LogP) is 4.75. The number of carbonyl (C=O) groups excluding carboxylic acids is 1. The maximum Gasteiger partial charge on any atom is 0.227 e. The van der Waals surface area contributed by atoms with Crippen LogP contribution < -0.4 is 5.32 Å². The van der Waals surface area contributed by atoms with E-state index in [0.29, 0.717) is 0 Å². The zero-order chi connectivity index (χ0) is 14.7. The Labute approximate surface area is 118 Å². The Balaban J connectivity index is 4.79. The number of allylic oxidation sites excluding steroid dienone is 5. The number of rotatable bonds is 8. The Kier molecular flexibility index (Phi) is 9.87. The number of nitrogens with one attached hydrogen (secondary N) is 1. The van der Waals surface area contributed by atoms with Crippen molar-refractivity contribution in [2.24, 2.45) is 5.92 Å². The van der Waals surface area contributed by atoms with E-state index in [0.717, 1.165) is 31.4 Å². The van der Waals surface area contributed by atoms with Crippen LogP contribution in [0.4, 0.5) is 0 Å². The van der Waals surface area contributed by atoms with Crippen molar-refractivity contribution in [3.8, 4) is 0 Å². The van der Waals surface area contributed by atoms with E-state index in [4.69, 9.17) is 0 Å². The summed E-state index contributed by atoms with van der Waals surface area (Å²) in [4.78, 5) is 12.2. The second-order valence-electron chi connectivity index (χ2n) is 4.87. The SMILES string of the molecule is C\C=C/C(=C\C=C(/C)CC)NC(=O)C(CC)CCC. The van der Waals surface area contributed by atoms with Crippen molar-refractivity contribution in [3.63, 3.8) is 0 Å². The van der Waals surface area contributed by atoms with Crippen LogP contribution in [0, 0.1) is 5.92 Å². The summed E-state index contributed by atoms with van der Waals surface area (Å²) in [5, 5.41) is 3.02. The van der Waals surface area contributed by atoms with Crippen molar-refractivity contribution < 1.29 is 4.79 Å². The number of hydrogen-bond donors (Lipinski definition) is 1. The van der Waals surface area contributed by atoms with Crippen molar-refractivity contribution in [1.82, 2.24) is 5.32 Å². The summed E-state index contributed by atoms with van der Waals surface area (Å²) in [6.07, 6.45) is 11.9. The lowest BCUT2D eigenvalue weighted by atomic mass is 10.00. The second-order valence-corrected chi connectivity index (χ2v) is 4.87. The summed E-state index contributed by atoms with van der Waals surface area (Å²) in [6, 6.07) is 0. The maximum absolute atomic E-state index is 12.2. The van der Waals surface area contributed by atoms with Gasteiger partial charge in [0.1, 0.15) is 0 Å². The standard InChI is InChI=1S/C17H29NO/c1-6-10-15(9-4)17(19)18-16(11-7-2)13-12-14(5)8-3/h7,11-13,15H,6,8-10H2,1-5H3,(H,18,19)/b11-7-,14-12+,16-13+. The van der Waals surface area contributed by atoms with Crippen molar-refractivity contribution in [3.05, 3.63) is 35.6 Å². The van der Waals surface area contributed by atoms with Gasteiger partial charge >= 0.3 is 0 Å². The molecule has 0 radical (unpaired) electrons. The summed E-state index contributed by atoms with van der Waals surface area (Å²) < 4.78 is 0. The van der Waals surface area contributed by atoms with E-state index in [1.807, 2.05) is 25.2 Å². The molecule has 0 fully saturated rings. The summed E-state index contributed by atoms with van der Waals surface area (Å²) >= 11 is 0. The maximum atomic E-state index is 12.2. The van der Waals surface area contributed by atoms with Gasteiger partial charge in [-0.05, 0) is 45.3 Å². The molecule has 19 heavy (non-hydrogen) atoms. The molecule has 0 aromatic rings. The minimum absolute atomic E-state index is 0.120. The molecule has 1 N–H and O–H groups in total. The Hall–Kier alpha value is -1.31. The summed E-state index contributed by atoms with van der Waals surface area (Å²) in [5.41, 5.74) is 2.17. The van der Waals surface area contributed by atoms with Crippen LogP contribution in [-0.4, -0.2) is 5.91 Å². The predicted molar refractivity (Wildman–Crippen MR) is 83.8 cm³/mol. The Morgan fingerprint density at radius 3 is 2.37 bits per heavy atom.